The molecule has 0 fully saturated rings. The van der Waals surface area contributed by atoms with Crippen molar-refractivity contribution in [3.05, 3.63) is 62.2 Å². The fraction of sp³-hybridized carbons (Fsp3) is 0.133. The second-order valence-electron chi connectivity index (χ2n) is 4.64. The standard InChI is InChI=1S/C15H11BrN4O3/c16-13-7-12(20(22)23)9-18-15(13)19-14(21)6-5-10-1-3-11(8-17)4-2-10/h1-4,7,9H,5-6H2,(H,18,19,21). The van der Waals surface area contributed by atoms with Crippen LogP contribution in [0.2, 0.25) is 0 Å². The van der Waals surface area contributed by atoms with Crippen molar-refractivity contribution < 1.29 is 9.72 Å². The van der Waals surface area contributed by atoms with E-state index in [4.69, 9.17) is 5.26 Å². The van der Waals surface area contributed by atoms with E-state index in [1.54, 1.807) is 24.3 Å². The number of hydrogen-bond donors (Lipinski definition) is 1. The van der Waals surface area contributed by atoms with Crippen LogP contribution in [0.15, 0.2) is 41.0 Å². The van der Waals surface area contributed by atoms with Crippen LogP contribution in [0.3, 0.4) is 0 Å². The van der Waals surface area contributed by atoms with E-state index in [2.05, 4.69) is 26.2 Å². The van der Waals surface area contributed by atoms with Gasteiger partial charge in [0.2, 0.25) is 5.91 Å². The number of amides is 1. The maximum atomic E-state index is 11.9. The van der Waals surface area contributed by atoms with Crippen molar-refractivity contribution in [3.8, 4) is 6.07 Å². The first-order valence-corrected chi connectivity index (χ1v) is 7.37. The molecule has 116 valence electrons. The fourth-order valence-corrected chi connectivity index (χ4v) is 2.25. The molecule has 2 aromatic rings. The third-order valence-corrected chi connectivity index (χ3v) is 3.62. The minimum Gasteiger partial charge on any atom is -0.310 e. The number of nitriles is 1. The van der Waals surface area contributed by atoms with E-state index in [-0.39, 0.29) is 23.8 Å². The summed E-state index contributed by atoms with van der Waals surface area (Å²) in [6.45, 7) is 0. The van der Waals surface area contributed by atoms with Crippen molar-refractivity contribution in [3.63, 3.8) is 0 Å². The maximum Gasteiger partial charge on any atom is 0.288 e. The van der Waals surface area contributed by atoms with Crippen LogP contribution < -0.4 is 5.32 Å². The van der Waals surface area contributed by atoms with Gasteiger partial charge in [-0.15, -0.1) is 0 Å². The van der Waals surface area contributed by atoms with E-state index in [9.17, 15) is 14.9 Å². The van der Waals surface area contributed by atoms with Crippen LogP contribution in [-0.4, -0.2) is 15.8 Å². The second-order valence-corrected chi connectivity index (χ2v) is 5.49. The van der Waals surface area contributed by atoms with Crippen molar-refractivity contribution in [1.29, 1.82) is 5.26 Å². The first kappa shape index (κ1) is 16.6. The highest BCUT2D eigenvalue weighted by atomic mass is 79.9. The fourth-order valence-electron chi connectivity index (χ4n) is 1.82. The van der Waals surface area contributed by atoms with Crippen LogP contribution in [0, 0.1) is 21.4 Å². The monoisotopic (exact) mass is 374 g/mol. The first-order valence-electron chi connectivity index (χ1n) is 6.58. The van der Waals surface area contributed by atoms with Crippen molar-refractivity contribution in [2.45, 2.75) is 12.8 Å². The molecular weight excluding hydrogens is 364 g/mol. The Labute approximate surface area is 140 Å². The Balaban J connectivity index is 1.94. The van der Waals surface area contributed by atoms with Crippen LogP contribution in [0.5, 0.6) is 0 Å². The lowest BCUT2D eigenvalue weighted by molar-refractivity contribution is -0.385. The molecular formula is C15H11BrN4O3. The third-order valence-electron chi connectivity index (χ3n) is 3.02. The lowest BCUT2D eigenvalue weighted by Crippen LogP contribution is -2.14. The summed E-state index contributed by atoms with van der Waals surface area (Å²) in [5.41, 5.74) is 1.35. The molecule has 1 heterocycles. The Morgan fingerprint density at radius 3 is 2.65 bits per heavy atom. The molecule has 23 heavy (non-hydrogen) atoms. The predicted octanol–water partition coefficient (Wildman–Crippen LogP) is 3.20. The minimum atomic E-state index is -0.561. The Hall–Kier alpha value is -2.79. The van der Waals surface area contributed by atoms with Gasteiger partial charge in [0.1, 0.15) is 12.0 Å². The van der Waals surface area contributed by atoms with Gasteiger partial charge in [-0.1, -0.05) is 12.1 Å². The number of nitro groups is 1. The summed E-state index contributed by atoms with van der Waals surface area (Å²) in [6.07, 6.45) is 1.83. The molecule has 0 saturated carbocycles. The van der Waals surface area contributed by atoms with E-state index in [1.165, 1.54) is 6.07 Å². The van der Waals surface area contributed by atoms with Crippen LogP contribution in [-0.2, 0) is 11.2 Å². The molecule has 0 bridgehead atoms. The van der Waals surface area contributed by atoms with Gasteiger partial charge >= 0.3 is 0 Å². The summed E-state index contributed by atoms with van der Waals surface area (Å²) in [5, 5.41) is 21.9. The van der Waals surface area contributed by atoms with Gasteiger partial charge in [0.15, 0.2) is 0 Å². The zero-order chi connectivity index (χ0) is 16.8. The summed E-state index contributed by atoms with van der Waals surface area (Å²) in [5.74, 6) is -0.0168. The van der Waals surface area contributed by atoms with Gasteiger partial charge in [-0.05, 0) is 40.0 Å². The van der Waals surface area contributed by atoms with Crippen molar-refractivity contribution in [2.24, 2.45) is 0 Å². The maximum absolute atomic E-state index is 11.9. The molecule has 0 aliphatic rings. The SMILES string of the molecule is N#Cc1ccc(CCC(=O)Nc2ncc([N+](=O)[O-])cc2Br)cc1. The van der Waals surface area contributed by atoms with E-state index >= 15 is 0 Å². The van der Waals surface area contributed by atoms with E-state index in [0.717, 1.165) is 11.8 Å². The number of hydrogen-bond acceptors (Lipinski definition) is 5. The Bertz CT molecular complexity index is 784. The average molecular weight is 375 g/mol. The van der Waals surface area contributed by atoms with Gasteiger partial charge in [0, 0.05) is 12.5 Å². The van der Waals surface area contributed by atoms with Gasteiger partial charge in [-0.25, -0.2) is 4.98 Å². The third kappa shape index (κ3) is 4.59. The molecule has 1 aromatic heterocycles. The Kier molecular flexibility index (Phi) is 5.38. The molecule has 0 unspecified atom stereocenters. The number of pyridine rings is 1. The quantitative estimate of drug-likeness (QED) is 0.638. The summed E-state index contributed by atoms with van der Waals surface area (Å²) >= 11 is 3.14. The number of halogens is 1. The number of carbonyl (C=O) groups is 1. The van der Waals surface area contributed by atoms with Crippen LogP contribution >= 0.6 is 15.9 Å². The van der Waals surface area contributed by atoms with Gasteiger partial charge in [-0.3, -0.25) is 14.9 Å². The van der Waals surface area contributed by atoms with Gasteiger partial charge in [0.05, 0.1) is 21.0 Å². The number of aryl methyl sites for hydroxylation is 1. The molecule has 1 N–H and O–H groups in total. The number of rotatable bonds is 5. The molecule has 1 aromatic carbocycles. The molecule has 1 amide bonds. The number of anilines is 1. The average Bonchev–Trinajstić information content (AvgIpc) is 2.55. The molecule has 0 saturated heterocycles. The topological polar surface area (TPSA) is 109 Å². The predicted molar refractivity (Wildman–Crippen MR) is 86.7 cm³/mol. The summed E-state index contributed by atoms with van der Waals surface area (Å²) in [7, 11) is 0. The Morgan fingerprint density at radius 2 is 2.09 bits per heavy atom. The minimum absolute atomic E-state index is 0.160. The van der Waals surface area contributed by atoms with Crippen molar-refractivity contribution >= 4 is 33.3 Å². The highest BCUT2D eigenvalue weighted by molar-refractivity contribution is 9.10. The van der Waals surface area contributed by atoms with Crippen LogP contribution in [0.25, 0.3) is 0 Å². The van der Waals surface area contributed by atoms with E-state index in [0.29, 0.717) is 16.5 Å². The number of nitrogens with zero attached hydrogens (tertiary/aromatic N) is 3. The van der Waals surface area contributed by atoms with Crippen molar-refractivity contribution in [2.75, 3.05) is 5.32 Å². The summed E-state index contributed by atoms with van der Waals surface area (Å²) < 4.78 is 0.346. The zero-order valence-corrected chi connectivity index (χ0v) is 13.4. The summed E-state index contributed by atoms with van der Waals surface area (Å²) in [6, 6.07) is 10.3. The Morgan fingerprint density at radius 1 is 1.39 bits per heavy atom. The number of aromatic nitrogens is 1. The van der Waals surface area contributed by atoms with Gasteiger partial charge in [-0.2, -0.15) is 5.26 Å². The van der Waals surface area contributed by atoms with E-state index < -0.39 is 4.92 Å². The lowest BCUT2D eigenvalue weighted by Gasteiger charge is -2.06. The molecule has 2 rings (SSSR count). The molecule has 7 nitrogen and oxygen atoms in total. The first-order chi connectivity index (χ1) is 11.0. The number of nitrogens with one attached hydrogen (secondary N) is 1. The number of benzene rings is 1. The second kappa shape index (κ2) is 7.47. The number of carbonyl (C=O) groups excluding carboxylic acids is 1. The highest BCUT2D eigenvalue weighted by Gasteiger charge is 2.12. The molecule has 0 aliphatic heterocycles. The lowest BCUT2D eigenvalue weighted by atomic mass is 10.1. The van der Waals surface area contributed by atoms with Gasteiger partial charge < -0.3 is 5.32 Å². The van der Waals surface area contributed by atoms with Gasteiger partial charge in [0.25, 0.3) is 5.69 Å². The summed E-state index contributed by atoms with van der Waals surface area (Å²) in [4.78, 5) is 25.9. The van der Waals surface area contributed by atoms with Crippen molar-refractivity contribution in [1.82, 2.24) is 4.98 Å². The molecule has 0 aliphatic carbocycles. The zero-order valence-electron chi connectivity index (χ0n) is 11.8. The highest BCUT2D eigenvalue weighted by Crippen LogP contribution is 2.24. The van der Waals surface area contributed by atoms with Crippen LogP contribution in [0.4, 0.5) is 11.5 Å². The molecule has 8 heteroatoms. The molecule has 0 spiro atoms. The largest absolute Gasteiger partial charge is 0.310 e. The molecule has 0 atom stereocenters. The van der Waals surface area contributed by atoms with E-state index in [1.807, 2.05) is 6.07 Å². The van der Waals surface area contributed by atoms with Crippen LogP contribution in [0.1, 0.15) is 17.5 Å². The smallest absolute Gasteiger partial charge is 0.288 e. The normalized spacial score (nSPS) is 9.91. The molecule has 0 radical (unpaired) electrons.